The van der Waals surface area contributed by atoms with Gasteiger partial charge >= 0.3 is 0 Å². The molecule has 1 aliphatic rings. The largest absolute Gasteiger partial charge is 0.394 e. The molecule has 1 aliphatic carbocycles. The highest BCUT2D eigenvalue weighted by atomic mass is 14.8. The van der Waals surface area contributed by atoms with Crippen molar-refractivity contribution in [3.63, 3.8) is 0 Å². The van der Waals surface area contributed by atoms with Crippen molar-refractivity contribution in [2.24, 2.45) is 0 Å². The van der Waals surface area contributed by atoms with Crippen LogP contribution in [0, 0.1) is 0 Å². The van der Waals surface area contributed by atoms with Gasteiger partial charge in [-0.3, -0.25) is 0 Å². The van der Waals surface area contributed by atoms with Gasteiger partial charge in [0.05, 0.1) is 0 Å². The minimum absolute atomic E-state index is 1.05. The van der Waals surface area contributed by atoms with Crippen LogP contribution in [0.3, 0.4) is 0 Å². The van der Waals surface area contributed by atoms with Crippen LogP contribution in [0.15, 0.2) is 47.7 Å². The molecule has 12 heavy (non-hydrogen) atoms. The normalized spacial score (nSPS) is 20.2. The molecule has 0 aromatic heterocycles. The van der Waals surface area contributed by atoms with Crippen molar-refractivity contribution in [2.45, 2.75) is 13.3 Å². The van der Waals surface area contributed by atoms with Crippen LogP contribution in [-0.4, -0.2) is 7.05 Å². The smallest absolute Gasteiger partial charge is 0.00277 e. The van der Waals surface area contributed by atoms with E-state index >= 15 is 0 Å². The third-order valence-electron chi connectivity index (χ3n) is 1.89. The Morgan fingerprint density at radius 2 is 2.33 bits per heavy atom. The lowest BCUT2D eigenvalue weighted by Crippen LogP contribution is -1.92. The lowest BCUT2D eigenvalue weighted by molar-refractivity contribution is 1.09. The average Bonchev–Trinajstić information content (AvgIpc) is 2.15. The molecule has 0 atom stereocenters. The zero-order chi connectivity index (χ0) is 8.81. The van der Waals surface area contributed by atoms with Crippen molar-refractivity contribution >= 4 is 0 Å². The minimum atomic E-state index is 1.05. The van der Waals surface area contributed by atoms with Crippen molar-refractivity contribution < 1.29 is 0 Å². The lowest BCUT2D eigenvalue weighted by atomic mass is 10.0. The van der Waals surface area contributed by atoms with Crippen LogP contribution in [-0.2, 0) is 0 Å². The predicted molar refractivity (Wildman–Crippen MR) is 53.8 cm³/mol. The summed E-state index contributed by atoms with van der Waals surface area (Å²) in [6.07, 6.45) is 13.6. The van der Waals surface area contributed by atoms with Gasteiger partial charge in [0.2, 0.25) is 0 Å². The molecule has 0 fully saturated rings. The topological polar surface area (TPSA) is 12.0 Å². The molecule has 0 aromatic carbocycles. The molecule has 0 aliphatic heterocycles. The molecule has 0 aromatic rings. The molecule has 0 heterocycles. The highest BCUT2D eigenvalue weighted by molar-refractivity contribution is 5.37. The van der Waals surface area contributed by atoms with Crippen molar-refractivity contribution in [1.82, 2.24) is 5.32 Å². The van der Waals surface area contributed by atoms with E-state index in [4.69, 9.17) is 0 Å². The summed E-state index contributed by atoms with van der Waals surface area (Å²) < 4.78 is 0. The molecule has 1 N–H and O–H groups in total. The first-order valence-corrected chi connectivity index (χ1v) is 4.21. The van der Waals surface area contributed by atoms with Gasteiger partial charge in [-0.15, -0.1) is 0 Å². The first kappa shape index (κ1) is 8.85. The molecule has 0 saturated heterocycles. The number of hydrogen-bond acceptors (Lipinski definition) is 1. The summed E-state index contributed by atoms with van der Waals surface area (Å²) in [5.41, 5.74) is 2.72. The average molecular weight is 161 g/mol. The van der Waals surface area contributed by atoms with Gasteiger partial charge in [-0.2, -0.15) is 0 Å². The third-order valence-corrected chi connectivity index (χ3v) is 1.89. The summed E-state index contributed by atoms with van der Waals surface area (Å²) in [6, 6.07) is 0. The second-order valence-electron chi connectivity index (χ2n) is 2.82. The van der Waals surface area contributed by atoms with Crippen LogP contribution >= 0.6 is 0 Å². The predicted octanol–water partition coefficient (Wildman–Crippen LogP) is 2.55. The number of rotatable bonds is 2. The van der Waals surface area contributed by atoms with Gasteiger partial charge in [-0.25, -0.2) is 0 Å². The maximum atomic E-state index is 2.98. The van der Waals surface area contributed by atoms with E-state index in [-0.39, 0.29) is 0 Å². The van der Waals surface area contributed by atoms with Crippen molar-refractivity contribution in [2.75, 3.05) is 7.05 Å². The Balaban J connectivity index is 2.70. The molecular weight excluding hydrogens is 146 g/mol. The second kappa shape index (κ2) is 4.60. The van der Waals surface area contributed by atoms with Gasteiger partial charge in [0.15, 0.2) is 0 Å². The Morgan fingerprint density at radius 3 is 2.92 bits per heavy atom. The zero-order valence-corrected chi connectivity index (χ0v) is 7.67. The molecule has 0 unspecified atom stereocenters. The van der Waals surface area contributed by atoms with E-state index in [1.54, 1.807) is 0 Å². The third kappa shape index (κ3) is 2.42. The second-order valence-corrected chi connectivity index (χ2v) is 2.82. The minimum Gasteiger partial charge on any atom is -0.394 e. The van der Waals surface area contributed by atoms with Crippen LogP contribution in [0.4, 0.5) is 0 Å². The van der Waals surface area contributed by atoms with Gasteiger partial charge in [-0.05, 0) is 36.8 Å². The number of nitrogens with one attached hydrogen (secondary N) is 1. The maximum Gasteiger partial charge on any atom is 0.00277 e. The molecule has 0 amide bonds. The fraction of sp³-hybridized carbons (Fsp3) is 0.273. The highest BCUT2D eigenvalue weighted by Gasteiger charge is 1.95. The van der Waals surface area contributed by atoms with Crippen LogP contribution in [0.2, 0.25) is 0 Å². The van der Waals surface area contributed by atoms with E-state index in [0.29, 0.717) is 0 Å². The van der Waals surface area contributed by atoms with Crippen LogP contribution in [0.1, 0.15) is 13.3 Å². The summed E-state index contributed by atoms with van der Waals surface area (Å²) >= 11 is 0. The Kier molecular flexibility index (Phi) is 3.39. The monoisotopic (exact) mass is 161 g/mol. The summed E-state index contributed by atoms with van der Waals surface area (Å²) in [6.45, 7) is 2.13. The molecule has 1 nitrogen and oxygen atoms in total. The SMILES string of the molecule is CN/C=C\C(C)=C1\C=CC=CC1. The van der Waals surface area contributed by atoms with Gasteiger partial charge in [0.1, 0.15) is 0 Å². The number of hydrogen-bond donors (Lipinski definition) is 1. The molecule has 0 spiro atoms. The van der Waals surface area contributed by atoms with Gasteiger partial charge < -0.3 is 5.32 Å². The van der Waals surface area contributed by atoms with Gasteiger partial charge in [0.25, 0.3) is 0 Å². The Labute approximate surface area is 74.2 Å². The van der Waals surface area contributed by atoms with Crippen molar-refractivity contribution in [1.29, 1.82) is 0 Å². The summed E-state index contributed by atoms with van der Waals surface area (Å²) in [7, 11) is 1.91. The quantitative estimate of drug-likeness (QED) is 0.656. The first-order chi connectivity index (χ1) is 5.84. The molecule has 1 rings (SSSR count). The van der Waals surface area contributed by atoms with Crippen molar-refractivity contribution in [3.8, 4) is 0 Å². The molecule has 0 saturated carbocycles. The Bertz CT molecular complexity index is 254. The lowest BCUT2D eigenvalue weighted by Gasteiger charge is -2.04. The van der Waals surface area contributed by atoms with Gasteiger partial charge in [-0.1, -0.05) is 24.3 Å². The molecule has 0 bridgehead atoms. The molecule has 0 radical (unpaired) electrons. The maximum absolute atomic E-state index is 2.98. The van der Waals surface area contributed by atoms with Crippen LogP contribution in [0.5, 0.6) is 0 Å². The van der Waals surface area contributed by atoms with E-state index in [2.05, 4.69) is 42.6 Å². The molecular formula is C11H15N. The molecule has 64 valence electrons. The standard InChI is InChI=1S/C11H15N/c1-10(8-9-12-2)11-6-4-3-5-7-11/h3-6,8-9,12H,7H2,1-2H3/b9-8-,11-10-. The van der Waals surface area contributed by atoms with E-state index < -0.39 is 0 Å². The highest BCUT2D eigenvalue weighted by Crippen LogP contribution is 2.15. The van der Waals surface area contributed by atoms with E-state index in [1.165, 1.54) is 11.1 Å². The fourth-order valence-electron chi connectivity index (χ4n) is 1.12. The summed E-state index contributed by atoms with van der Waals surface area (Å²) in [5, 5.41) is 2.98. The van der Waals surface area contributed by atoms with E-state index in [0.717, 1.165) is 6.42 Å². The van der Waals surface area contributed by atoms with E-state index in [1.807, 2.05) is 13.2 Å². The van der Waals surface area contributed by atoms with E-state index in [9.17, 15) is 0 Å². The Hall–Kier alpha value is -1.24. The van der Waals surface area contributed by atoms with Crippen molar-refractivity contribution in [3.05, 3.63) is 47.7 Å². The molecule has 1 heteroatoms. The summed E-state index contributed by atoms with van der Waals surface area (Å²) in [4.78, 5) is 0. The Morgan fingerprint density at radius 1 is 1.50 bits per heavy atom. The van der Waals surface area contributed by atoms with Crippen LogP contribution < -0.4 is 5.32 Å². The van der Waals surface area contributed by atoms with Gasteiger partial charge in [0, 0.05) is 7.05 Å². The zero-order valence-electron chi connectivity index (χ0n) is 7.67. The summed E-state index contributed by atoms with van der Waals surface area (Å²) in [5.74, 6) is 0. The fourth-order valence-corrected chi connectivity index (χ4v) is 1.12. The first-order valence-electron chi connectivity index (χ1n) is 4.21. The number of allylic oxidation sites excluding steroid dienone is 7. The van der Waals surface area contributed by atoms with Crippen LogP contribution in [0.25, 0.3) is 0 Å².